The monoisotopic (exact) mass is 482 g/mol. The fourth-order valence-electron chi connectivity index (χ4n) is 3.60. The summed E-state index contributed by atoms with van der Waals surface area (Å²) in [7, 11) is 0. The van der Waals surface area contributed by atoms with Crippen LogP contribution in [0.4, 0.5) is 0 Å². The van der Waals surface area contributed by atoms with Crippen LogP contribution < -0.4 is 19.6 Å². The van der Waals surface area contributed by atoms with E-state index in [1.54, 1.807) is 11.5 Å². The van der Waals surface area contributed by atoms with E-state index in [9.17, 15) is 9.59 Å². The summed E-state index contributed by atoms with van der Waals surface area (Å²) in [5.41, 5.74) is 1.71. The van der Waals surface area contributed by atoms with Gasteiger partial charge in [0.2, 0.25) is 0 Å². The van der Waals surface area contributed by atoms with E-state index in [1.807, 2.05) is 68.6 Å². The summed E-state index contributed by atoms with van der Waals surface area (Å²) < 4.78 is 13.2. The van der Waals surface area contributed by atoms with Gasteiger partial charge in [0.05, 0.1) is 29.0 Å². The molecule has 0 bridgehead atoms. The molecule has 3 heterocycles. The van der Waals surface area contributed by atoms with Gasteiger partial charge in [-0.1, -0.05) is 43.4 Å². The molecule has 1 aliphatic rings. The van der Waals surface area contributed by atoms with E-state index in [-0.39, 0.29) is 11.5 Å². The van der Waals surface area contributed by atoms with Crippen LogP contribution in [0.15, 0.2) is 62.8 Å². The first-order chi connectivity index (χ1) is 15.9. The summed E-state index contributed by atoms with van der Waals surface area (Å²) in [5.74, 6) is 0.573. The highest BCUT2D eigenvalue weighted by Gasteiger charge is 2.34. The highest BCUT2D eigenvalue weighted by molar-refractivity contribution is 7.10. The second-order valence-corrected chi connectivity index (χ2v) is 10.1. The number of hydrogen-bond donors (Lipinski definition) is 0. The molecule has 0 saturated carbocycles. The second-order valence-electron chi connectivity index (χ2n) is 8.09. The number of thiazole rings is 1. The Morgan fingerprint density at radius 1 is 1.24 bits per heavy atom. The lowest BCUT2D eigenvalue weighted by Crippen LogP contribution is -2.39. The maximum Gasteiger partial charge on any atom is 0.338 e. The van der Waals surface area contributed by atoms with Crippen LogP contribution in [0.5, 0.6) is 5.75 Å². The molecule has 172 valence electrons. The number of carbonyl (C=O) groups is 1. The van der Waals surface area contributed by atoms with Crippen molar-refractivity contribution >= 4 is 34.7 Å². The van der Waals surface area contributed by atoms with Crippen molar-refractivity contribution in [1.29, 1.82) is 0 Å². The van der Waals surface area contributed by atoms with Gasteiger partial charge in [-0.25, -0.2) is 9.79 Å². The first kappa shape index (κ1) is 23.2. The minimum atomic E-state index is -0.552. The quantitative estimate of drug-likeness (QED) is 0.479. The van der Waals surface area contributed by atoms with E-state index in [4.69, 9.17) is 9.47 Å². The maximum atomic E-state index is 13.5. The van der Waals surface area contributed by atoms with Crippen LogP contribution in [0.25, 0.3) is 6.08 Å². The fraction of sp³-hybridized carbons (Fsp3) is 0.320. The molecular weight excluding hydrogens is 456 g/mol. The smallest absolute Gasteiger partial charge is 0.338 e. The number of esters is 1. The van der Waals surface area contributed by atoms with Crippen molar-refractivity contribution < 1.29 is 14.3 Å². The standard InChI is InChI=1S/C25H26N2O4S2/c1-5-30-18-10-8-17(9-11-18)13-20-23(28)27-22(19-7-6-12-32-19)21(16(4)26-25(27)33-20)24(29)31-14-15(2)3/h6-13,15,22H,5,14H2,1-4H3/b20-13+. The van der Waals surface area contributed by atoms with Crippen molar-refractivity contribution in [3.63, 3.8) is 0 Å². The van der Waals surface area contributed by atoms with Crippen LogP contribution in [0.3, 0.4) is 0 Å². The van der Waals surface area contributed by atoms with Gasteiger partial charge in [-0.2, -0.15) is 0 Å². The number of aromatic nitrogens is 1. The van der Waals surface area contributed by atoms with E-state index < -0.39 is 12.0 Å². The Kier molecular flexibility index (Phi) is 6.95. The normalized spacial score (nSPS) is 16.0. The summed E-state index contributed by atoms with van der Waals surface area (Å²) in [6.45, 7) is 8.63. The highest BCUT2D eigenvalue weighted by Crippen LogP contribution is 2.33. The van der Waals surface area contributed by atoms with Gasteiger partial charge >= 0.3 is 5.97 Å². The van der Waals surface area contributed by atoms with Crippen molar-refractivity contribution in [2.75, 3.05) is 13.2 Å². The number of hydrogen-bond acceptors (Lipinski definition) is 7. The minimum Gasteiger partial charge on any atom is -0.494 e. The van der Waals surface area contributed by atoms with Gasteiger partial charge in [0.1, 0.15) is 11.8 Å². The SMILES string of the molecule is CCOc1ccc(/C=c2/sc3n(c2=O)C(c2cccs2)C(C(=O)OCC(C)C)=C(C)N=3)cc1. The Balaban J connectivity index is 1.81. The van der Waals surface area contributed by atoms with Gasteiger partial charge in [-0.15, -0.1) is 11.3 Å². The number of thiophene rings is 1. The zero-order valence-corrected chi connectivity index (χ0v) is 20.7. The molecule has 0 radical (unpaired) electrons. The van der Waals surface area contributed by atoms with Gasteiger partial charge in [0.15, 0.2) is 4.80 Å². The molecule has 1 aliphatic heterocycles. The molecule has 0 saturated heterocycles. The molecule has 1 unspecified atom stereocenters. The molecule has 0 fully saturated rings. The number of benzene rings is 1. The number of carbonyl (C=O) groups excluding carboxylic acids is 1. The lowest BCUT2D eigenvalue weighted by molar-refractivity contribution is -0.140. The first-order valence-corrected chi connectivity index (χ1v) is 12.5. The van der Waals surface area contributed by atoms with Gasteiger partial charge in [-0.05, 0) is 55.0 Å². The molecule has 1 aromatic carbocycles. The molecule has 3 aromatic rings. The number of allylic oxidation sites excluding steroid dienone is 1. The molecule has 4 rings (SSSR count). The zero-order valence-electron chi connectivity index (χ0n) is 19.0. The lowest BCUT2D eigenvalue weighted by atomic mass is 10.0. The predicted octanol–water partition coefficient (Wildman–Crippen LogP) is 3.89. The van der Waals surface area contributed by atoms with Gasteiger partial charge in [0, 0.05) is 4.88 Å². The average molecular weight is 483 g/mol. The van der Waals surface area contributed by atoms with E-state index >= 15 is 0 Å². The Morgan fingerprint density at radius 3 is 2.64 bits per heavy atom. The number of rotatable bonds is 7. The largest absolute Gasteiger partial charge is 0.494 e. The van der Waals surface area contributed by atoms with Crippen LogP contribution in [0.1, 0.15) is 44.2 Å². The third kappa shape index (κ3) is 4.86. The molecule has 1 atom stereocenters. The van der Waals surface area contributed by atoms with E-state index in [0.717, 1.165) is 16.2 Å². The van der Waals surface area contributed by atoms with E-state index in [0.29, 0.717) is 33.8 Å². The third-order valence-electron chi connectivity index (χ3n) is 5.09. The van der Waals surface area contributed by atoms with Crippen molar-refractivity contribution in [3.05, 3.63) is 83.2 Å². The van der Waals surface area contributed by atoms with Crippen molar-refractivity contribution in [2.45, 2.75) is 33.7 Å². The maximum absolute atomic E-state index is 13.5. The van der Waals surface area contributed by atoms with Gasteiger partial charge in [-0.3, -0.25) is 9.36 Å². The summed E-state index contributed by atoms with van der Waals surface area (Å²) in [6, 6.07) is 10.9. The number of ether oxygens (including phenoxy) is 2. The van der Waals surface area contributed by atoms with Crippen LogP contribution >= 0.6 is 22.7 Å². The summed E-state index contributed by atoms with van der Waals surface area (Å²) in [5, 5.41) is 1.94. The Labute approximate surface area is 200 Å². The van der Waals surface area contributed by atoms with Crippen molar-refractivity contribution in [3.8, 4) is 5.75 Å². The van der Waals surface area contributed by atoms with Crippen LogP contribution in [-0.2, 0) is 9.53 Å². The van der Waals surface area contributed by atoms with Crippen LogP contribution in [0.2, 0.25) is 0 Å². The average Bonchev–Trinajstić information content (AvgIpc) is 3.41. The Hall–Kier alpha value is -2.97. The van der Waals surface area contributed by atoms with Crippen molar-refractivity contribution in [2.24, 2.45) is 10.9 Å². The highest BCUT2D eigenvalue weighted by atomic mass is 32.1. The van der Waals surface area contributed by atoms with Crippen molar-refractivity contribution in [1.82, 2.24) is 4.57 Å². The second kappa shape index (κ2) is 9.89. The Morgan fingerprint density at radius 2 is 2.00 bits per heavy atom. The van der Waals surface area contributed by atoms with Gasteiger partial charge < -0.3 is 9.47 Å². The fourth-order valence-corrected chi connectivity index (χ4v) is 5.47. The molecule has 0 aliphatic carbocycles. The topological polar surface area (TPSA) is 69.9 Å². The molecule has 2 aromatic heterocycles. The number of fused-ring (bicyclic) bond motifs is 1. The Bertz CT molecular complexity index is 1350. The van der Waals surface area contributed by atoms with Crippen LogP contribution in [0, 0.1) is 5.92 Å². The molecule has 0 spiro atoms. The molecule has 6 nitrogen and oxygen atoms in total. The van der Waals surface area contributed by atoms with E-state index in [2.05, 4.69) is 4.99 Å². The summed E-state index contributed by atoms with van der Waals surface area (Å²) >= 11 is 2.83. The summed E-state index contributed by atoms with van der Waals surface area (Å²) in [4.78, 5) is 32.7. The summed E-state index contributed by atoms with van der Waals surface area (Å²) in [6.07, 6.45) is 1.85. The van der Waals surface area contributed by atoms with Crippen LogP contribution in [-0.4, -0.2) is 23.8 Å². The number of nitrogens with zero attached hydrogens (tertiary/aromatic N) is 2. The van der Waals surface area contributed by atoms with Gasteiger partial charge in [0.25, 0.3) is 5.56 Å². The molecule has 8 heteroatoms. The molecule has 0 amide bonds. The minimum absolute atomic E-state index is 0.173. The lowest BCUT2D eigenvalue weighted by Gasteiger charge is -2.23. The third-order valence-corrected chi connectivity index (χ3v) is 7.00. The molecular formula is C25H26N2O4S2. The molecule has 0 N–H and O–H groups in total. The van der Waals surface area contributed by atoms with E-state index in [1.165, 1.54) is 22.7 Å². The first-order valence-electron chi connectivity index (χ1n) is 10.8. The molecule has 33 heavy (non-hydrogen) atoms. The predicted molar refractivity (Wildman–Crippen MR) is 131 cm³/mol. The zero-order chi connectivity index (χ0) is 23.5.